The molecule has 1 fully saturated rings. The van der Waals surface area contributed by atoms with Gasteiger partial charge in [-0.2, -0.15) is 0 Å². The summed E-state index contributed by atoms with van der Waals surface area (Å²) < 4.78 is 5.31. The topological polar surface area (TPSA) is 9.23 Å². The van der Waals surface area contributed by atoms with Gasteiger partial charge in [0.05, 0.1) is 6.61 Å². The van der Waals surface area contributed by atoms with Crippen LogP contribution in [0.4, 0.5) is 0 Å². The van der Waals surface area contributed by atoms with Gasteiger partial charge in [-0.1, -0.05) is 46.0 Å². The lowest BCUT2D eigenvalue weighted by atomic mass is 10.2. The molecule has 1 aromatic carbocycles. The molecule has 0 aromatic heterocycles. The van der Waals surface area contributed by atoms with E-state index in [0.29, 0.717) is 0 Å². The minimum atomic E-state index is 0.0250. The summed E-state index contributed by atoms with van der Waals surface area (Å²) in [5, 5.41) is 1.58. The fourth-order valence-corrected chi connectivity index (χ4v) is 6.11. The standard InChI is InChI=1S/C14H21OP/c1-11-8-9-12(2)16(11)14-7-5-4-6-13(14)10-15-3/h4-7,11-12H,8-10H2,1-3H3/t11-,12-/m1/s1. The summed E-state index contributed by atoms with van der Waals surface area (Å²) in [6.45, 7) is 5.59. The van der Waals surface area contributed by atoms with Crippen LogP contribution in [0, 0.1) is 0 Å². The third kappa shape index (κ3) is 2.31. The fourth-order valence-electron chi connectivity index (χ4n) is 2.71. The van der Waals surface area contributed by atoms with Gasteiger partial charge in [-0.15, -0.1) is 0 Å². The minimum Gasteiger partial charge on any atom is -0.380 e. The lowest BCUT2D eigenvalue weighted by Gasteiger charge is -2.24. The Kier molecular flexibility index (Phi) is 4.00. The molecule has 0 radical (unpaired) electrons. The molecule has 0 amide bonds. The van der Waals surface area contributed by atoms with Crippen LogP contribution in [-0.4, -0.2) is 18.4 Å². The number of ether oxygens (including phenoxy) is 1. The summed E-state index contributed by atoms with van der Waals surface area (Å²) in [4.78, 5) is 0. The predicted molar refractivity (Wildman–Crippen MR) is 71.9 cm³/mol. The second-order valence-corrected chi connectivity index (χ2v) is 7.80. The first-order chi connectivity index (χ1) is 7.74. The largest absolute Gasteiger partial charge is 0.380 e. The van der Waals surface area contributed by atoms with E-state index in [4.69, 9.17) is 4.74 Å². The van der Waals surface area contributed by atoms with Crippen LogP contribution in [0.25, 0.3) is 0 Å². The molecule has 0 aliphatic carbocycles. The molecular formula is C14H21OP. The smallest absolute Gasteiger partial charge is 0.0719 e. The van der Waals surface area contributed by atoms with Gasteiger partial charge in [0.1, 0.15) is 0 Å². The van der Waals surface area contributed by atoms with E-state index in [0.717, 1.165) is 17.9 Å². The molecule has 1 heterocycles. The summed E-state index contributed by atoms with van der Waals surface area (Å²) in [5.74, 6) is 0. The zero-order valence-electron chi connectivity index (χ0n) is 10.4. The Morgan fingerprint density at radius 3 is 2.44 bits per heavy atom. The Bertz CT molecular complexity index is 340. The Balaban J connectivity index is 2.31. The van der Waals surface area contributed by atoms with Crippen molar-refractivity contribution < 1.29 is 4.74 Å². The van der Waals surface area contributed by atoms with Gasteiger partial charge in [-0.25, -0.2) is 0 Å². The first-order valence-corrected chi connectivity index (χ1v) is 7.57. The first-order valence-electron chi connectivity index (χ1n) is 6.09. The molecule has 0 bridgehead atoms. The van der Waals surface area contributed by atoms with Crippen LogP contribution < -0.4 is 5.30 Å². The van der Waals surface area contributed by atoms with Crippen LogP contribution in [0.15, 0.2) is 24.3 Å². The molecule has 1 aromatic rings. The fraction of sp³-hybridized carbons (Fsp3) is 0.571. The van der Waals surface area contributed by atoms with Crippen molar-refractivity contribution >= 4 is 13.2 Å². The zero-order valence-corrected chi connectivity index (χ0v) is 11.3. The Morgan fingerprint density at radius 1 is 1.19 bits per heavy atom. The van der Waals surface area contributed by atoms with Crippen LogP contribution in [0.1, 0.15) is 32.3 Å². The minimum absolute atomic E-state index is 0.0250. The summed E-state index contributed by atoms with van der Waals surface area (Å²) in [6.07, 6.45) is 2.79. The summed E-state index contributed by atoms with van der Waals surface area (Å²) in [6, 6.07) is 8.84. The molecule has 0 saturated carbocycles. The average Bonchev–Trinajstić information content (AvgIpc) is 2.60. The molecule has 88 valence electrons. The number of methoxy groups -OCH3 is 1. The van der Waals surface area contributed by atoms with Gasteiger partial charge >= 0.3 is 0 Å². The highest BCUT2D eigenvalue weighted by Crippen LogP contribution is 2.54. The van der Waals surface area contributed by atoms with Crippen molar-refractivity contribution in [3.8, 4) is 0 Å². The van der Waals surface area contributed by atoms with E-state index >= 15 is 0 Å². The number of rotatable bonds is 3. The van der Waals surface area contributed by atoms with Gasteiger partial charge in [0.15, 0.2) is 0 Å². The van der Waals surface area contributed by atoms with Gasteiger partial charge in [0.2, 0.25) is 0 Å². The monoisotopic (exact) mass is 236 g/mol. The van der Waals surface area contributed by atoms with Gasteiger partial charge in [-0.3, -0.25) is 0 Å². The lowest BCUT2D eigenvalue weighted by molar-refractivity contribution is 0.185. The maximum absolute atomic E-state index is 5.31. The molecule has 0 spiro atoms. The average molecular weight is 236 g/mol. The highest BCUT2D eigenvalue weighted by Gasteiger charge is 2.31. The van der Waals surface area contributed by atoms with Crippen LogP contribution in [0.3, 0.4) is 0 Å². The first kappa shape index (κ1) is 12.1. The van der Waals surface area contributed by atoms with Gasteiger partial charge < -0.3 is 4.74 Å². The molecule has 1 aliphatic heterocycles. The lowest BCUT2D eigenvalue weighted by Crippen LogP contribution is -2.16. The highest BCUT2D eigenvalue weighted by atomic mass is 31.1. The third-order valence-electron chi connectivity index (χ3n) is 3.52. The number of hydrogen-bond donors (Lipinski definition) is 0. The summed E-state index contributed by atoms with van der Waals surface area (Å²) in [7, 11) is 1.81. The molecule has 1 nitrogen and oxygen atoms in total. The van der Waals surface area contributed by atoms with E-state index in [-0.39, 0.29) is 7.92 Å². The Hall–Kier alpha value is -0.390. The second kappa shape index (κ2) is 5.29. The molecule has 1 saturated heterocycles. The Labute approximate surface area is 100.0 Å². The highest BCUT2D eigenvalue weighted by molar-refractivity contribution is 7.67. The molecule has 16 heavy (non-hydrogen) atoms. The molecular weight excluding hydrogens is 215 g/mol. The van der Waals surface area contributed by atoms with Crippen LogP contribution >= 0.6 is 7.92 Å². The van der Waals surface area contributed by atoms with Crippen molar-refractivity contribution in [1.82, 2.24) is 0 Å². The molecule has 2 atom stereocenters. The third-order valence-corrected chi connectivity index (χ3v) is 6.93. The predicted octanol–water partition coefficient (Wildman–Crippen LogP) is 3.51. The van der Waals surface area contributed by atoms with Gasteiger partial charge in [0, 0.05) is 7.11 Å². The van der Waals surface area contributed by atoms with E-state index < -0.39 is 0 Å². The van der Waals surface area contributed by atoms with E-state index in [1.165, 1.54) is 18.4 Å². The SMILES string of the molecule is COCc1ccccc1P1[C@H](C)CC[C@H]1C. The summed E-state index contributed by atoms with van der Waals surface area (Å²) >= 11 is 0. The van der Waals surface area contributed by atoms with Gasteiger partial charge in [-0.05, 0) is 35.0 Å². The molecule has 2 rings (SSSR count). The van der Waals surface area contributed by atoms with Crippen LogP contribution in [-0.2, 0) is 11.3 Å². The van der Waals surface area contributed by atoms with Crippen molar-refractivity contribution in [2.24, 2.45) is 0 Å². The second-order valence-electron chi connectivity index (χ2n) is 4.74. The van der Waals surface area contributed by atoms with Gasteiger partial charge in [0.25, 0.3) is 0 Å². The normalized spacial score (nSPS) is 26.2. The molecule has 0 N–H and O–H groups in total. The zero-order chi connectivity index (χ0) is 11.5. The summed E-state index contributed by atoms with van der Waals surface area (Å²) in [5.41, 5.74) is 3.16. The molecule has 0 unspecified atom stereocenters. The Morgan fingerprint density at radius 2 is 1.81 bits per heavy atom. The maximum atomic E-state index is 5.31. The van der Waals surface area contributed by atoms with E-state index in [2.05, 4.69) is 38.1 Å². The molecule has 1 aliphatic rings. The molecule has 2 heteroatoms. The van der Waals surface area contributed by atoms with E-state index in [9.17, 15) is 0 Å². The van der Waals surface area contributed by atoms with Crippen molar-refractivity contribution in [2.75, 3.05) is 7.11 Å². The van der Waals surface area contributed by atoms with E-state index in [1.807, 2.05) is 0 Å². The van der Waals surface area contributed by atoms with E-state index in [1.54, 1.807) is 12.4 Å². The quantitative estimate of drug-likeness (QED) is 0.730. The number of benzene rings is 1. The maximum Gasteiger partial charge on any atom is 0.0719 e. The van der Waals surface area contributed by atoms with Crippen molar-refractivity contribution in [2.45, 2.75) is 44.6 Å². The van der Waals surface area contributed by atoms with Crippen molar-refractivity contribution in [3.63, 3.8) is 0 Å². The van der Waals surface area contributed by atoms with Crippen molar-refractivity contribution in [3.05, 3.63) is 29.8 Å². The van der Waals surface area contributed by atoms with Crippen molar-refractivity contribution in [1.29, 1.82) is 0 Å². The van der Waals surface area contributed by atoms with Crippen LogP contribution in [0.2, 0.25) is 0 Å². The number of hydrogen-bond acceptors (Lipinski definition) is 1. The van der Waals surface area contributed by atoms with Crippen LogP contribution in [0.5, 0.6) is 0 Å².